The average Bonchev–Trinajstić information content (AvgIpc) is 1.54. The number of hydrogen-bond acceptors (Lipinski definition) is 4. The summed E-state index contributed by atoms with van der Waals surface area (Å²) in [5, 5.41) is 6.59. The number of anilines is 6. The van der Waals surface area contributed by atoms with E-state index < -0.39 is 53.8 Å². The zero-order valence-corrected chi connectivity index (χ0v) is 50.6. The van der Waals surface area contributed by atoms with Gasteiger partial charge in [0.15, 0.2) is 22.3 Å². The number of fused-ring (bicyclic) bond motifs is 12. The van der Waals surface area contributed by atoms with Crippen molar-refractivity contribution in [1.29, 1.82) is 0 Å². The van der Waals surface area contributed by atoms with Crippen molar-refractivity contribution in [2.45, 2.75) is 78.6 Å². The van der Waals surface area contributed by atoms with Crippen molar-refractivity contribution in [3.63, 3.8) is 0 Å². The number of benzene rings is 11. The van der Waals surface area contributed by atoms with E-state index in [0.717, 1.165) is 61.4 Å². The molecule has 0 bridgehead atoms. The Morgan fingerprint density at radius 1 is 0.337 bits per heavy atom. The largest absolute Gasteiger partial charge is 0.452 e. The number of halogens is 2. The summed E-state index contributed by atoms with van der Waals surface area (Å²) >= 11 is 14.1. The zero-order chi connectivity index (χ0) is 66.1. The van der Waals surface area contributed by atoms with Gasteiger partial charge < -0.3 is 27.8 Å². The molecule has 0 unspecified atom stereocenters. The van der Waals surface area contributed by atoms with Crippen LogP contribution in [-0.2, 0) is 16.2 Å². The van der Waals surface area contributed by atoms with E-state index in [2.05, 4.69) is 168 Å². The van der Waals surface area contributed by atoms with Crippen molar-refractivity contribution in [3.8, 4) is 11.4 Å². The molecule has 0 spiro atoms. The first-order valence-electron chi connectivity index (χ1n) is 33.0. The predicted molar refractivity (Wildman–Crippen MR) is 365 cm³/mol. The van der Waals surface area contributed by atoms with Crippen LogP contribution in [0.1, 0.15) is 90.0 Å². The Bertz CT molecular complexity index is 5600. The molecule has 0 amide bonds. The summed E-state index contributed by atoms with van der Waals surface area (Å²) in [7, 11) is 0. The van der Waals surface area contributed by atoms with Crippen molar-refractivity contribution >= 4 is 145 Å². The topological polar surface area (TPSA) is 42.6 Å². The van der Waals surface area contributed by atoms with Crippen LogP contribution in [-0.4, -0.2) is 9.13 Å². The molecule has 0 saturated carbocycles. The molecule has 86 heavy (non-hydrogen) atoms. The number of aromatic nitrogens is 2. The zero-order valence-electron chi connectivity index (χ0n) is 57.1. The van der Waals surface area contributed by atoms with E-state index in [4.69, 9.17) is 40.3 Å². The van der Waals surface area contributed by atoms with Crippen LogP contribution in [0.3, 0.4) is 0 Å². The highest BCUT2D eigenvalue weighted by Gasteiger charge is 2.29. The molecular formula is C78H64Cl2N4O2. The monoisotopic (exact) mass is 1170 g/mol. The third kappa shape index (κ3) is 8.67. The lowest BCUT2D eigenvalue weighted by Crippen LogP contribution is -2.18. The molecule has 0 saturated heterocycles. The second kappa shape index (κ2) is 19.7. The van der Waals surface area contributed by atoms with Crippen LogP contribution in [0.4, 0.5) is 34.1 Å². The maximum absolute atomic E-state index is 9.34. The van der Waals surface area contributed by atoms with Crippen LogP contribution >= 0.6 is 23.2 Å². The molecule has 15 aromatic rings. The van der Waals surface area contributed by atoms with Crippen molar-refractivity contribution in [3.05, 3.63) is 251 Å². The van der Waals surface area contributed by atoms with Gasteiger partial charge in [0.25, 0.3) is 0 Å². The lowest BCUT2D eigenvalue weighted by molar-refractivity contribution is 0.590. The van der Waals surface area contributed by atoms with Gasteiger partial charge in [-0.2, -0.15) is 0 Å². The standard InChI is InChI=1S/C78H64Cl2N4O2/c1-76(2,3)47-36-38-66-62(42-47)63-43-48(77(4,5)6)37-39-67(63)84(66)71-35-19-29-61-59-27-17-33-69(73(59)86-75(61)71)82(53-23-15-21-51(80)45-53)55-41-49(78(7,8)9)40-54(46-55)81(52-22-14-20-50(79)44-52)68-32-16-26-58-60-28-18-34-70(74(60)85-72(58)68)83-64-30-12-10-24-56(64)57-25-11-13-31-65(57)83/h10-46H,1-9H3/i10D,11D,12D,13D,24D,25D,30D,31D. The summed E-state index contributed by atoms with van der Waals surface area (Å²) in [4.78, 5) is 4.32. The molecule has 15 rings (SSSR count). The van der Waals surface area contributed by atoms with Gasteiger partial charge in [-0.05, 0) is 148 Å². The fourth-order valence-electron chi connectivity index (χ4n) is 12.5. The molecule has 422 valence electrons. The molecule has 6 nitrogen and oxygen atoms in total. The summed E-state index contributed by atoms with van der Waals surface area (Å²) < 4.78 is 90.6. The normalized spacial score (nSPS) is 13.9. The lowest BCUT2D eigenvalue weighted by atomic mass is 9.85. The second-order valence-corrected chi connectivity index (χ2v) is 26.4. The van der Waals surface area contributed by atoms with Crippen LogP contribution in [0.15, 0.2) is 233 Å². The first-order chi connectivity index (χ1) is 44.7. The Morgan fingerprint density at radius 3 is 1.14 bits per heavy atom. The third-order valence-corrected chi connectivity index (χ3v) is 17.3. The van der Waals surface area contributed by atoms with Crippen LogP contribution < -0.4 is 9.80 Å². The van der Waals surface area contributed by atoms with E-state index in [1.807, 2.05) is 78.9 Å². The summed E-state index contributed by atoms with van der Waals surface area (Å²) in [5.41, 5.74) is 12.9. The van der Waals surface area contributed by atoms with Crippen LogP contribution in [0.5, 0.6) is 0 Å². The van der Waals surface area contributed by atoms with E-state index in [9.17, 15) is 2.74 Å². The number of hydrogen-bond donors (Lipinski definition) is 0. The average molecular weight is 1170 g/mol. The third-order valence-electron chi connectivity index (χ3n) is 16.9. The van der Waals surface area contributed by atoms with Gasteiger partial charge in [0.2, 0.25) is 0 Å². The number of furan rings is 2. The lowest BCUT2D eigenvalue weighted by Gasteiger charge is -2.32. The minimum Gasteiger partial charge on any atom is -0.452 e. The van der Waals surface area contributed by atoms with E-state index in [-0.39, 0.29) is 32.6 Å². The molecule has 0 aliphatic carbocycles. The van der Waals surface area contributed by atoms with Gasteiger partial charge in [0, 0.05) is 75.9 Å². The molecular weight excluding hydrogens is 1100 g/mol. The highest BCUT2D eigenvalue weighted by molar-refractivity contribution is 6.31. The highest BCUT2D eigenvalue weighted by Crippen LogP contribution is 2.50. The van der Waals surface area contributed by atoms with Crippen molar-refractivity contribution in [1.82, 2.24) is 9.13 Å². The Kier molecular flexibility index (Phi) is 10.3. The first kappa shape index (κ1) is 45.2. The first-order valence-corrected chi connectivity index (χ1v) is 29.7. The molecule has 0 N–H and O–H groups in total. The number of rotatable bonds is 8. The molecule has 4 aromatic heterocycles. The van der Waals surface area contributed by atoms with Crippen molar-refractivity contribution in [2.75, 3.05) is 9.80 Å². The van der Waals surface area contributed by atoms with Gasteiger partial charge in [0.1, 0.15) is 0 Å². The van der Waals surface area contributed by atoms with Crippen molar-refractivity contribution in [2.24, 2.45) is 0 Å². The molecule has 4 heterocycles. The maximum Gasteiger partial charge on any atom is 0.159 e. The molecule has 0 aliphatic rings. The molecule has 11 aromatic carbocycles. The quantitative estimate of drug-likeness (QED) is 0.152. The second-order valence-electron chi connectivity index (χ2n) is 25.5. The van der Waals surface area contributed by atoms with Gasteiger partial charge in [-0.3, -0.25) is 0 Å². The summed E-state index contributed by atoms with van der Waals surface area (Å²) in [5.74, 6) is 0. The minimum absolute atomic E-state index is 0.0103. The van der Waals surface area contributed by atoms with Gasteiger partial charge in [0.05, 0.1) is 55.8 Å². The van der Waals surface area contributed by atoms with E-state index in [1.54, 1.807) is 6.07 Å². The van der Waals surface area contributed by atoms with Gasteiger partial charge in [-0.25, -0.2) is 0 Å². The van der Waals surface area contributed by atoms with Crippen LogP contribution in [0.2, 0.25) is 10.0 Å². The van der Waals surface area contributed by atoms with Crippen molar-refractivity contribution < 1.29 is 19.8 Å². The van der Waals surface area contributed by atoms with Crippen LogP contribution in [0.25, 0.3) is 98.9 Å². The smallest absolute Gasteiger partial charge is 0.159 e. The Hall–Kier alpha value is -9.20. The fraction of sp³-hybridized carbons (Fsp3) is 0.154. The number of nitrogens with zero attached hydrogens (tertiary/aromatic N) is 4. The Balaban J connectivity index is 0.970. The molecule has 0 atom stereocenters. The van der Waals surface area contributed by atoms with E-state index in [0.29, 0.717) is 54.6 Å². The van der Waals surface area contributed by atoms with Gasteiger partial charge in [-0.1, -0.05) is 195 Å². The molecule has 0 aliphatic heterocycles. The summed E-state index contributed by atoms with van der Waals surface area (Å²) in [6.07, 6.45) is 0. The summed E-state index contributed by atoms with van der Waals surface area (Å²) in [6.45, 7) is 20.1. The maximum atomic E-state index is 9.34. The Labute approximate surface area is 521 Å². The molecule has 0 radical (unpaired) electrons. The fourth-order valence-corrected chi connectivity index (χ4v) is 12.9. The van der Waals surface area contributed by atoms with E-state index >= 15 is 0 Å². The summed E-state index contributed by atoms with van der Waals surface area (Å²) in [6, 6.07) is 56.1. The number of para-hydroxylation sites is 6. The van der Waals surface area contributed by atoms with Crippen LogP contribution in [0, 0.1) is 0 Å². The predicted octanol–water partition coefficient (Wildman–Crippen LogP) is 23.8. The molecule has 0 fully saturated rings. The Morgan fingerprint density at radius 2 is 0.721 bits per heavy atom. The highest BCUT2D eigenvalue weighted by atomic mass is 35.5. The van der Waals surface area contributed by atoms with Gasteiger partial charge >= 0.3 is 0 Å². The molecule has 8 heteroatoms. The minimum atomic E-state index is -0.521. The van der Waals surface area contributed by atoms with E-state index in [1.165, 1.54) is 26.5 Å². The van der Waals surface area contributed by atoms with Gasteiger partial charge in [-0.15, -0.1) is 0 Å². The SMILES string of the molecule is [2H]c1c([2H])c([2H])c2c(c1[2H])c1c([2H])c([2H])c([2H])c([2H])c1n2-c1cccc2c1oc1c(N(c3cccc(Cl)c3)c3cc(N(c4cccc(Cl)c4)c4cccc5c4oc4c(-n6c7ccc(C(C)(C)C)cc7c7cc(C(C)(C)C)ccc76)cccc45)cc(C(C)(C)C)c3)cccc12.